The lowest BCUT2D eigenvalue weighted by molar-refractivity contribution is -0.114. The highest BCUT2D eigenvalue weighted by Crippen LogP contribution is 2.25. The van der Waals surface area contributed by atoms with Crippen LogP contribution in [-0.4, -0.2) is 42.0 Å². The van der Waals surface area contributed by atoms with Gasteiger partial charge in [0.15, 0.2) is 0 Å². The second kappa shape index (κ2) is 11.9. The summed E-state index contributed by atoms with van der Waals surface area (Å²) in [6, 6.07) is 17.1. The minimum atomic E-state index is -0.177. The number of aromatic nitrogens is 1. The molecule has 2 heterocycles. The lowest BCUT2D eigenvalue weighted by atomic mass is 9.99. The van der Waals surface area contributed by atoms with Crippen molar-refractivity contribution in [2.24, 2.45) is 5.92 Å². The summed E-state index contributed by atoms with van der Waals surface area (Å²) in [4.78, 5) is 18.7. The van der Waals surface area contributed by atoms with Gasteiger partial charge in [-0.2, -0.15) is 0 Å². The van der Waals surface area contributed by atoms with E-state index in [2.05, 4.69) is 34.0 Å². The van der Waals surface area contributed by atoms with Gasteiger partial charge in [-0.25, -0.2) is 4.98 Å². The van der Waals surface area contributed by atoms with Crippen molar-refractivity contribution in [2.75, 3.05) is 31.6 Å². The summed E-state index contributed by atoms with van der Waals surface area (Å²) in [6.45, 7) is 7.76. The number of likely N-dealkylation sites (tertiary alicyclic amines) is 1. The Morgan fingerprint density at radius 2 is 1.80 bits per heavy atom. The molecule has 1 aliphatic heterocycles. The molecule has 1 fully saturated rings. The molecule has 4 rings (SSSR count). The lowest BCUT2D eigenvalue weighted by Gasteiger charge is -2.29. The molecule has 5 nitrogen and oxygen atoms in total. The number of rotatable bonds is 6. The monoisotopic (exact) mass is 487 g/mol. The van der Waals surface area contributed by atoms with Crippen LogP contribution < -0.4 is 10.1 Å². The fraction of sp³-hybridized carbons (Fsp3) is 0.310. The molecule has 0 atom stereocenters. The molecule has 1 aliphatic rings. The summed E-state index contributed by atoms with van der Waals surface area (Å²) in [6.07, 6.45) is 4.30. The molecular weight excluding hydrogens is 458 g/mol. The maximum Gasteiger partial charge on any atom is 0.221 e. The van der Waals surface area contributed by atoms with Crippen LogP contribution in [0.1, 0.15) is 37.9 Å². The quantitative estimate of drug-likeness (QED) is 0.442. The van der Waals surface area contributed by atoms with E-state index in [9.17, 15) is 4.79 Å². The van der Waals surface area contributed by atoms with Gasteiger partial charge in [-0.1, -0.05) is 36.6 Å². The van der Waals surface area contributed by atoms with Crippen LogP contribution >= 0.6 is 11.6 Å². The number of amides is 1. The molecule has 0 spiro atoms. The standard InChI is InChI=1S/C29H30ClN3O2/c1-21-13-15-33(16-14-21)17-18-35-27-10-3-23(4-11-27)5-12-28-29(32-22(2)34)19-25(20-31-28)24-6-8-26(30)9-7-24/h3-4,6-11,19-21H,13-18H2,1-2H3,(H,32,34). The fourth-order valence-electron chi connectivity index (χ4n) is 3.99. The second-order valence-corrected chi connectivity index (χ2v) is 9.39. The smallest absolute Gasteiger partial charge is 0.221 e. The lowest BCUT2D eigenvalue weighted by Crippen LogP contribution is -2.35. The molecule has 0 bridgehead atoms. The molecule has 0 aliphatic carbocycles. The SMILES string of the molecule is CC(=O)Nc1cc(-c2ccc(Cl)cc2)cnc1C#Cc1ccc(OCCN2CCC(C)CC2)cc1. The second-order valence-electron chi connectivity index (χ2n) is 8.96. The van der Waals surface area contributed by atoms with Crippen LogP contribution in [0.4, 0.5) is 5.69 Å². The largest absolute Gasteiger partial charge is 0.492 e. The highest BCUT2D eigenvalue weighted by molar-refractivity contribution is 6.30. The number of anilines is 1. The van der Waals surface area contributed by atoms with Gasteiger partial charge in [0, 0.05) is 35.8 Å². The third-order valence-corrected chi connectivity index (χ3v) is 6.36. The van der Waals surface area contributed by atoms with E-state index in [4.69, 9.17) is 16.3 Å². The van der Waals surface area contributed by atoms with Crippen LogP contribution in [0.2, 0.25) is 5.02 Å². The Morgan fingerprint density at radius 1 is 1.09 bits per heavy atom. The number of carbonyl (C=O) groups excluding carboxylic acids is 1. The molecule has 1 aromatic heterocycles. The zero-order chi connectivity index (χ0) is 24.6. The Morgan fingerprint density at radius 3 is 2.49 bits per heavy atom. The molecule has 0 radical (unpaired) electrons. The van der Waals surface area contributed by atoms with Gasteiger partial charge < -0.3 is 10.1 Å². The molecule has 180 valence electrons. The molecule has 0 unspecified atom stereocenters. The maximum absolute atomic E-state index is 11.7. The summed E-state index contributed by atoms with van der Waals surface area (Å²) >= 11 is 5.99. The van der Waals surface area contributed by atoms with Gasteiger partial charge in [-0.15, -0.1) is 0 Å². The zero-order valence-electron chi connectivity index (χ0n) is 20.2. The van der Waals surface area contributed by atoms with Crippen LogP contribution in [0.15, 0.2) is 60.8 Å². The van der Waals surface area contributed by atoms with Crippen molar-refractivity contribution in [2.45, 2.75) is 26.7 Å². The molecule has 6 heteroatoms. The number of nitrogens with zero attached hydrogens (tertiary/aromatic N) is 2. The Kier molecular flexibility index (Phi) is 8.41. The van der Waals surface area contributed by atoms with E-state index < -0.39 is 0 Å². The number of pyridine rings is 1. The number of ether oxygens (including phenoxy) is 1. The first kappa shape index (κ1) is 24.8. The van der Waals surface area contributed by atoms with Gasteiger partial charge in [0.2, 0.25) is 5.91 Å². The van der Waals surface area contributed by atoms with Gasteiger partial charge >= 0.3 is 0 Å². The highest BCUT2D eigenvalue weighted by atomic mass is 35.5. The Labute approximate surface area is 212 Å². The van der Waals surface area contributed by atoms with E-state index in [1.54, 1.807) is 6.20 Å². The minimum Gasteiger partial charge on any atom is -0.492 e. The predicted octanol–water partition coefficient (Wildman–Crippen LogP) is 5.87. The normalized spacial score (nSPS) is 14.1. The minimum absolute atomic E-state index is 0.177. The first-order valence-corrected chi connectivity index (χ1v) is 12.3. The van der Waals surface area contributed by atoms with Crippen molar-refractivity contribution in [3.8, 4) is 28.7 Å². The first-order chi connectivity index (χ1) is 17.0. The molecule has 1 saturated heterocycles. The van der Waals surface area contributed by atoms with Gasteiger partial charge in [0.25, 0.3) is 0 Å². The third-order valence-electron chi connectivity index (χ3n) is 6.11. The van der Waals surface area contributed by atoms with Crippen molar-refractivity contribution in [1.29, 1.82) is 0 Å². The third kappa shape index (κ3) is 7.32. The number of carbonyl (C=O) groups is 1. The Hall–Kier alpha value is -3.33. The van der Waals surface area contributed by atoms with E-state index >= 15 is 0 Å². The summed E-state index contributed by atoms with van der Waals surface area (Å²) in [5.41, 5.74) is 3.76. The highest BCUT2D eigenvalue weighted by Gasteiger charge is 2.15. The van der Waals surface area contributed by atoms with Gasteiger partial charge in [-0.05, 0) is 85.8 Å². The molecule has 3 aromatic rings. The van der Waals surface area contributed by atoms with Gasteiger partial charge in [-0.3, -0.25) is 9.69 Å². The average molecular weight is 488 g/mol. The number of benzene rings is 2. The van der Waals surface area contributed by atoms with Crippen LogP contribution in [0.5, 0.6) is 5.75 Å². The van der Waals surface area contributed by atoms with Crippen LogP contribution in [0.3, 0.4) is 0 Å². The van der Waals surface area contributed by atoms with E-state index in [1.807, 2.05) is 54.6 Å². The van der Waals surface area contributed by atoms with E-state index in [1.165, 1.54) is 19.8 Å². The van der Waals surface area contributed by atoms with Gasteiger partial charge in [0.1, 0.15) is 18.1 Å². The van der Waals surface area contributed by atoms with E-state index in [-0.39, 0.29) is 5.91 Å². The molecular formula is C29H30ClN3O2. The van der Waals surface area contributed by atoms with Crippen LogP contribution in [0.25, 0.3) is 11.1 Å². The van der Waals surface area contributed by atoms with Crippen LogP contribution in [0, 0.1) is 17.8 Å². The predicted molar refractivity (Wildman–Crippen MR) is 142 cm³/mol. The summed E-state index contributed by atoms with van der Waals surface area (Å²) in [7, 11) is 0. The topological polar surface area (TPSA) is 54.5 Å². The number of halogens is 1. The summed E-state index contributed by atoms with van der Waals surface area (Å²) in [5.74, 6) is 7.72. The van der Waals surface area contributed by atoms with Crippen LogP contribution in [-0.2, 0) is 4.79 Å². The number of hydrogen-bond acceptors (Lipinski definition) is 4. The first-order valence-electron chi connectivity index (χ1n) is 12.0. The Bertz CT molecular complexity index is 1210. The average Bonchev–Trinajstić information content (AvgIpc) is 2.85. The zero-order valence-corrected chi connectivity index (χ0v) is 20.9. The fourth-order valence-corrected chi connectivity index (χ4v) is 4.12. The van der Waals surface area contributed by atoms with Gasteiger partial charge in [0.05, 0.1) is 5.69 Å². The number of piperidine rings is 1. The van der Waals surface area contributed by atoms with E-state index in [0.717, 1.165) is 48.0 Å². The van der Waals surface area contributed by atoms with E-state index in [0.29, 0.717) is 23.0 Å². The number of hydrogen-bond donors (Lipinski definition) is 1. The van der Waals surface area contributed by atoms with Crippen molar-refractivity contribution in [3.63, 3.8) is 0 Å². The van der Waals surface area contributed by atoms with Crippen molar-refractivity contribution >= 4 is 23.2 Å². The molecule has 2 aromatic carbocycles. The molecule has 0 saturated carbocycles. The Balaban J connectivity index is 1.41. The van der Waals surface area contributed by atoms with Crippen molar-refractivity contribution in [3.05, 3.63) is 77.1 Å². The van der Waals surface area contributed by atoms with Crippen molar-refractivity contribution < 1.29 is 9.53 Å². The summed E-state index contributed by atoms with van der Waals surface area (Å²) < 4.78 is 5.92. The molecule has 1 N–H and O–H groups in total. The summed E-state index contributed by atoms with van der Waals surface area (Å²) in [5, 5.41) is 3.50. The molecule has 35 heavy (non-hydrogen) atoms. The molecule has 1 amide bonds. The number of nitrogens with one attached hydrogen (secondary N) is 1. The maximum atomic E-state index is 11.7. The van der Waals surface area contributed by atoms with Crippen molar-refractivity contribution in [1.82, 2.24) is 9.88 Å².